The van der Waals surface area contributed by atoms with Gasteiger partial charge in [-0.25, -0.2) is 0 Å². The molecule has 0 fully saturated rings. The van der Waals surface area contributed by atoms with Crippen LogP contribution in [-0.2, 0) is 0 Å². The molecule has 0 bridgehead atoms. The fourth-order valence-electron chi connectivity index (χ4n) is 1.86. The third kappa shape index (κ3) is 2.27. The maximum Gasteiger partial charge on any atom is 0.103 e. The number of anilines is 1. The molecule has 18 heavy (non-hydrogen) atoms. The summed E-state index contributed by atoms with van der Waals surface area (Å²) in [4.78, 5) is 4.25. The van der Waals surface area contributed by atoms with E-state index in [1.54, 1.807) is 6.20 Å². The van der Waals surface area contributed by atoms with E-state index >= 15 is 0 Å². The number of nitrogens with zero attached hydrogens (tertiary/aromatic N) is 2. The number of para-hydroxylation sites is 1. The van der Waals surface area contributed by atoms with E-state index in [0.29, 0.717) is 5.56 Å². The van der Waals surface area contributed by atoms with Crippen LogP contribution in [0.3, 0.4) is 0 Å². The van der Waals surface area contributed by atoms with Crippen LogP contribution in [0, 0.1) is 11.3 Å². The Hall–Kier alpha value is -2.12. The van der Waals surface area contributed by atoms with Gasteiger partial charge in [-0.2, -0.15) is 5.26 Å². The van der Waals surface area contributed by atoms with Crippen LogP contribution < -0.4 is 5.32 Å². The second-order valence-corrected chi connectivity index (χ2v) is 4.11. The number of hydrogen-bond acceptors (Lipinski definition) is 4. The van der Waals surface area contributed by atoms with Crippen molar-refractivity contribution in [1.29, 1.82) is 5.26 Å². The van der Waals surface area contributed by atoms with E-state index < -0.39 is 0 Å². The van der Waals surface area contributed by atoms with Crippen LogP contribution in [0.4, 0.5) is 5.69 Å². The summed E-state index contributed by atoms with van der Waals surface area (Å²) in [5.41, 5.74) is 2.09. The van der Waals surface area contributed by atoms with E-state index in [0.717, 1.165) is 23.0 Å². The molecule has 1 unspecified atom stereocenters. The second kappa shape index (κ2) is 5.48. The molecule has 0 radical (unpaired) electrons. The lowest BCUT2D eigenvalue weighted by Crippen LogP contribution is -2.23. The molecule has 0 saturated carbocycles. The Morgan fingerprint density at radius 2 is 2.22 bits per heavy atom. The predicted octanol–water partition coefficient (Wildman–Crippen LogP) is 2.29. The summed E-state index contributed by atoms with van der Waals surface area (Å²) >= 11 is 0. The third-order valence-electron chi connectivity index (χ3n) is 2.96. The van der Waals surface area contributed by atoms with Gasteiger partial charge in [-0.15, -0.1) is 0 Å². The summed E-state index contributed by atoms with van der Waals surface area (Å²) in [7, 11) is 0. The predicted molar refractivity (Wildman–Crippen MR) is 71.2 cm³/mol. The number of nitrogens with one attached hydrogen (secondary N) is 1. The van der Waals surface area contributed by atoms with E-state index in [9.17, 15) is 5.11 Å². The van der Waals surface area contributed by atoms with Gasteiger partial charge in [0.2, 0.25) is 0 Å². The minimum atomic E-state index is -0.0529. The molecule has 92 valence electrons. The topological polar surface area (TPSA) is 68.9 Å². The first kappa shape index (κ1) is 12.3. The molecule has 4 nitrogen and oxygen atoms in total. The van der Waals surface area contributed by atoms with Gasteiger partial charge in [-0.3, -0.25) is 4.98 Å². The summed E-state index contributed by atoms with van der Waals surface area (Å²) < 4.78 is 0. The Labute approximate surface area is 106 Å². The molecule has 0 aliphatic heterocycles. The highest BCUT2D eigenvalue weighted by Gasteiger charge is 2.12. The van der Waals surface area contributed by atoms with Gasteiger partial charge in [-0.05, 0) is 12.5 Å². The standard InChI is InChI=1S/C14H15N3O/c1-2-11(9-18)17-14-10(7-15)8-16-13-6-4-3-5-12(13)14/h3-6,8,11,18H,2,9H2,1H3,(H,16,17). The number of aromatic nitrogens is 1. The van der Waals surface area contributed by atoms with Gasteiger partial charge in [0.1, 0.15) is 6.07 Å². The van der Waals surface area contributed by atoms with Crippen molar-refractivity contribution in [1.82, 2.24) is 4.98 Å². The Kier molecular flexibility index (Phi) is 3.75. The molecule has 0 spiro atoms. The Balaban J connectivity index is 2.55. The van der Waals surface area contributed by atoms with Gasteiger partial charge in [0.15, 0.2) is 0 Å². The largest absolute Gasteiger partial charge is 0.394 e. The molecular formula is C14H15N3O. The normalized spacial score (nSPS) is 12.1. The number of rotatable bonds is 4. The molecule has 1 aromatic heterocycles. The lowest BCUT2D eigenvalue weighted by atomic mass is 10.1. The molecule has 0 amide bonds. The molecule has 0 aliphatic carbocycles. The smallest absolute Gasteiger partial charge is 0.103 e. The maximum absolute atomic E-state index is 9.26. The summed E-state index contributed by atoms with van der Waals surface area (Å²) in [5.74, 6) is 0. The molecule has 4 heteroatoms. The zero-order chi connectivity index (χ0) is 13.0. The van der Waals surface area contributed by atoms with Gasteiger partial charge in [0.05, 0.1) is 23.4 Å². The van der Waals surface area contributed by atoms with E-state index in [1.165, 1.54) is 0 Å². The number of benzene rings is 1. The molecular weight excluding hydrogens is 226 g/mol. The fraction of sp³-hybridized carbons (Fsp3) is 0.286. The number of hydrogen-bond donors (Lipinski definition) is 2. The number of fused-ring (bicyclic) bond motifs is 1. The first-order valence-corrected chi connectivity index (χ1v) is 5.95. The van der Waals surface area contributed by atoms with E-state index in [-0.39, 0.29) is 12.6 Å². The van der Waals surface area contributed by atoms with Crippen molar-refractivity contribution in [3.63, 3.8) is 0 Å². The monoisotopic (exact) mass is 241 g/mol. The number of aliphatic hydroxyl groups is 1. The zero-order valence-electron chi connectivity index (χ0n) is 10.2. The molecule has 1 heterocycles. The first-order chi connectivity index (χ1) is 8.80. The third-order valence-corrected chi connectivity index (χ3v) is 2.96. The SMILES string of the molecule is CCC(CO)Nc1c(C#N)cnc2ccccc12. The summed E-state index contributed by atoms with van der Waals surface area (Å²) in [6.07, 6.45) is 2.35. The van der Waals surface area contributed by atoms with Crippen LogP contribution in [0.2, 0.25) is 0 Å². The zero-order valence-corrected chi connectivity index (χ0v) is 10.2. The Morgan fingerprint density at radius 3 is 2.89 bits per heavy atom. The first-order valence-electron chi connectivity index (χ1n) is 5.95. The lowest BCUT2D eigenvalue weighted by Gasteiger charge is -2.18. The van der Waals surface area contributed by atoms with Crippen molar-refractivity contribution < 1.29 is 5.11 Å². The molecule has 2 N–H and O–H groups in total. The average molecular weight is 241 g/mol. The van der Waals surface area contributed by atoms with Gasteiger partial charge >= 0.3 is 0 Å². The van der Waals surface area contributed by atoms with Gasteiger partial charge < -0.3 is 10.4 Å². The summed E-state index contributed by atoms with van der Waals surface area (Å²) in [6, 6.07) is 9.74. The van der Waals surface area contributed by atoms with Crippen molar-refractivity contribution in [3.8, 4) is 6.07 Å². The lowest BCUT2D eigenvalue weighted by molar-refractivity contribution is 0.272. The summed E-state index contributed by atoms with van der Waals surface area (Å²) in [6.45, 7) is 2.03. The average Bonchev–Trinajstić information content (AvgIpc) is 2.44. The Morgan fingerprint density at radius 1 is 1.44 bits per heavy atom. The number of pyridine rings is 1. The molecule has 0 aliphatic rings. The number of nitriles is 1. The highest BCUT2D eigenvalue weighted by Crippen LogP contribution is 2.26. The maximum atomic E-state index is 9.26. The quantitative estimate of drug-likeness (QED) is 0.861. The van der Waals surface area contributed by atoms with Crippen LogP contribution >= 0.6 is 0 Å². The van der Waals surface area contributed by atoms with E-state index in [4.69, 9.17) is 5.26 Å². The van der Waals surface area contributed by atoms with Crippen LogP contribution in [0.1, 0.15) is 18.9 Å². The second-order valence-electron chi connectivity index (χ2n) is 4.11. The highest BCUT2D eigenvalue weighted by molar-refractivity contribution is 5.93. The molecule has 1 aromatic carbocycles. The van der Waals surface area contributed by atoms with Crippen molar-refractivity contribution in [3.05, 3.63) is 36.0 Å². The van der Waals surface area contributed by atoms with E-state index in [2.05, 4.69) is 16.4 Å². The van der Waals surface area contributed by atoms with Crippen LogP contribution in [-0.4, -0.2) is 22.7 Å². The van der Waals surface area contributed by atoms with Crippen LogP contribution in [0.15, 0.2) is 30.5 Å². The van der Waals surface area contributed by atoms with Crippen molar-refractivity contribution in [2.75, 3.05) is 11.9 Å². The Bertz CT molecular complexity index is 585. The molecule has 2 rings (SSSR count). The van der Waals surface area contributed by atoms with Crippen molar-refractivity contribution in [2.45, 2.75) is 19.4 Å². The van der Waals surface area contributed by atoms with E-state index in [1.807, 2.05) is 31.2 Å². The van der Waals surface area contributed by atoms with Gasteiger partial charge in [0.25, 0.3) is 0 Å². The summed E-state index contributed by atoms with van der Waals surface area (Å²) in [5, 5.41) is 22.5. The van der Waals surface area contributed by atoms with Crippen LogP contribution in [0.25, 0.3) is 10.9 Å². The fourth-order valence-corrected chi connectivity index (χ4v) is 1.86. The minimum Gasteiger partial charge on any atom is -0.394 e. The number of aliphatic hydroxyl groups excluding tert-OH is 1. The molecule has 0 saturated heterocycles. The molecule has 2 aromatic rings. The van der Waals surface area contributed by atoms with Crippen molar-refractivity contribution in [2.24, 2.45) is 0 Å². The van der Waals surface area contributed by atoms with Crippen molar-refractivity contribution >= 4 is 16.6 Å². The van der Waals surface area contributed by atoms with Gasteiger partial charge in [0, 0.05) is 17.6 Å². The molecule has 1 atom stereocenters. The highest BCUT2D eigenvalue weighted by atomic mass is 16.3. The minimum absolute atomic E-state index is 0.0397. The van der Waals surface area contributed by atoms with Crippen LogP contribution in [0.5, 0.6) is 0 Å². The van der Waals surface area contributed by atoms with Gasteiger partial charge in [-0.1, -0.05) is 25.1 Å².